The summed E-state index contributed by atoms with van der Waals surface area (Å²) < 4.78 is 10.6. The van der Waals surface area contributed by atoms with E-state index < -0.39 is 11.9 Å². The Bertz CT molecular complexity index is 852. The average molecular weight is 408 g/mol. The highest BCUT2D eigenvalue weighted by molar-refractivity contribution is 5.96. The average Bonchev–Trinajstić information content (AvgIpc) is 2.78. The molecule has 30 heavy (non-hydrogen) atoms. The summed E-state index contributed by atoms with van der Waals surface area (Å²) in [7, 11) is 0. The number of carbonyl (C=O) groups excluding carboxylic acids is 2. The van der Waals surface area contributed by atoms with Crippen molar-refractivity contribution in [3.63, 3.8) is 0 Å². The molecule has 0 fully saturated rings. The molecular weight excluding hydrogens is 378 g/mol. The van der Waals surface area contributed by atoms with Crippen LogP contribution in [0.25, 0.3) is 0 Å². The SMILES string of the molecule is CCCCCCCCCCOC(=O)c1cccc(C(=O)Oc2ccc(C#N)cc2)c1. The lowest BCUT2D eigenvalue weighted by Crippen LogP contribution is -2.11. The number of esters is 2. The largest absolute Gasteiger partial charge is 0.462 e. The summed E-state index contributed by atoms with van der Waals surface area (Å²) in [6.07, 6.45) is 9.43. The van der Waals surface area contributed by atoms with Crippen LogP contribution in [0, 0.1) is 11.3 Å². The number of ether oxygens (including phenoxy) is 2. The van der Waals surface area contributed by atoms with E-state index >= 15 is 0 Å². The van der Waals surface area contributed by atoms with Crippen molar-refractivity contribution in [3.8, 4) is 11.8 Å². The van der Waals surface area contributed by atoms with E-state index in [9.17, 15) is 9.59 Å². The van der Waals surface area contributed by atoms with E-state index in [0.717, 1.165) is 19.3 Å². The van der Waals surface area contributed by atoms with Gasteiger partial charge in [-0.15, -0.1) is 0 Å². The van der Waals surface area contributed by atoms with Crippen molar-refractivity contribution >= 4 is 11.9 Å². The van der Waals surface area contributed by atoms with Gasteiger partial charge in [-0.05, 0) is 48.9 Å². The van der Waals surface area contributed by atoms with Gasteiger partial charge >= 0.3 is 11.9 Å². The van der Waals surface area contributed by atoms with E-state index in [-0.39, 0.29) is 5.56 Å². The van der Waals surface area contributed by atoms with Gasteiger partial charge in [0.25, 0.3) is 0 Å². The number of nitrogens with zero attached hydrogens (tertiary/aromatic N) is 1. The van der Waals surface area contributed by atoms with Crippen LogP contribution in [0.2, 0.25) is 0 Å². The summed E-state index contributed by atoms with van der Waals surface area (Å²) in [6.45, 7) is 2.59. The molecule has 0 aromatic heterocycles. The maximum absolute atomic E-state index is 12.3. The first-order valence-corrected chi connectivity index (χ1v) is 10.6. The molecule has 0 heterocycles. The molecule has 5 nitrogen and oxygen atoms in total. The molecule has 2 aromatic carbocycles. The quantitative estimate of drug-likeness (QED) is 0.242. The normalized spacial score (nSPS) is 10.3. The first kappa shape index (κ1) is 23.2. The van der Waals surface area contributed by atoms with Gasteiger partial charge < -0.3 is 9.47 Å². The Hall–Kier alpha value is -3.13. The van der Waals surface area contributed by atoms with Crippen LogP contribution in [0.4, 0.5) is 0 Å². The van der Waals surface area contributed by atoms with Crippen LogP contribution >= 0.6 is 0 Å². The van der Waals surface area contributed by atoms with Crippen LogP contribution in [0.1, 0.15) is 84.6 Å². The number of hydrogen-bond acceptors (Lipinski definition) is 5. The van der Waals surface area contributed by atoms with Crippen LogP contribution in [-0.4, -0.2) is 18.5 Å². The molecule has 0 atom stereocenters. The summed E-state index contributed by atoms with van der Waals surface area (Å²) in [5.41, 5.74) is 1.07. The van der Waals surface area contributed by atoms with Gasteiger partial charge in [0.1, 0.15) is 5.75 Å². The van der Waals surface area contributed by atoms with E-state index in [1.54, 1.807) is 42.5 Å². The molecule has 0 radical (unpaired) electrons. The van der Waals surface area contributed by atoms with Crippen molar-refractivity contribution in [1.29, 1.82) is 5.26 Å². The van der Waals surface area contributed by atoms with Crippen LogP contribution in [0.5, 0.6) is 5.75 Å². The third-order valence-corrected chi connectivity index (χ3v) is 4.76. The second-order valence-corrected chi connectivity index (χ2v) is 7.22. The number of unbranched alkanes of at least 4 members (excludes halogenated alkanes) is 7. The van der Waals surface area contributed by atoms with Gasteiger partial charge in [0.05, 0.1) is 29.4 Å². The Morgan fingerprint density at radius 1 is 0.833 bits per heavy atom. The fraction of sp³-hybridized carbons (Fsp3) is 0.400. The topological polar surface area (TPSA) is 76.4 Å². The molecule has 0 saturated heterocycles. The van der Waals surface area contributed by atoms with Crippen molar-refractivity contribution in [3.05, 3.63) is 65.2 Å². The Labute approximate surface area is 178 Å². The fourth-order valence-electron chi connectivity index (χ4n) is 3.02. The number of benzene rings is 2. The molecule has 0 aliphatic heterocycles. The van der Waals surface area contributed by atoms with Gasteiger partial charge in [0.15, 0.2) is 0 Å². The van der Waals surface area contributed by atoms with E-state index in [1.807, 2.05) is 6.07 Å². The van der Waals surface area contributed by atoms with Gasteiger partial charge in [-0.2, -0.15) is 5.26 Å². The molecular formula is C25H29NO4. The molecule has 0 aliphatic carbocycles. The van der Waals surface area contributed by atoms with E-state index in [0.29, 0.717) is 23.5 Å². The minimum Gasteiger partial charge on any atom is -0.462 e. The zero-order chi connectivity index (χ0) is 21.6. The third-order valence-electron chi connectivity index (χ3n) is 4.76. The van der Waals surface area contributed by atoms with Crippen LogP contribution in [-0.2, 0) is 4.74 Å². The molecule has 0 saturated carbocycles. The predicted octanol–water partition coefficient (Wildman–Crippen LogP) is 6.07. The predicted molar refractivity (Wildman–Crippen MR) is 115 cm³/mol. The molecule has 5 heteroatoms. The number of rotatable bonds is 12. The van der Waals surface area contributed by atoms with Crippen molar-refractivity contribution in [2.45, 2.75) is 58.3 Å². The van der Waals surface area contributed by atoms with Crippen LogP contribution in [0.15, 0.2) is 48.5 Å². The summed E-state index contributed by atoms with van der Waals surface area (Å²) in [6, 6.07) is 14.6. The Morgan fingerprint density at radius 2 is 1.43 bits per heavy atom. The Morgan fingerprint density at radius 3 is 2.07 bits per heavy atom. The Kier molecular flexibility index (Phi) is 10.2. The Balaban J connectivity index is 1.76. The zero-order valence-corrected chi connectivity index (χ0v) is 17.6. The van der Waals surface area contributed by atoms with Gasteiger partial charge in [-0.1, -0.05) is 57.9 Å². The van der Waals surface area contributed by atoms with Crippen molar-refractivity contribution in [2.75, 3.05) is 6.61 Å². The van der Waals surface area contributed by atoms with Crippen molar-refractivity contribution in [2.24, 2.45) is 0 Å². The maximum Gasteiger partial charge on any atom is 0.343 e. The molecule has 2 rings (SSSR count). The lowest BCUT2D eigenvalue weighted by molar-refractivity contribution is 0.0497. The first-order valence-electron chi connectivity index (χ1n) is 10.6. The van der Waals surface area contributed by atoms with Gasteiger partial charge in [0.2, 0.25) is 0 Å². The molecule has 0 N–H and O–H groups in total. The maximum atomic E-state index is 12.3. The summed E-state index contributed by atoms with van der Waals surface area (Å²) in [5, 5.41) is 8.81. The minimum atomic E-state index is -0.572. The minimum absolute atomic E-state index is 0.265. The second kappa shape index (κ2) is 13.2. The summed E-state index contributed by atoms with van der Waals surface area (Å²) in [5.74, 6) is -0.676. The molecule has 0 amide bonds. The molecule has 158 valence electrons. The smallest absolute Gasteiger partial charge is 0.343 e. The number of nitriles is 1. The summed E-state index contributed by atoms with van der Waals surface area (Å²) >= 11 is 0. The second-order valence-electron chi connectivity index (χ2n) is 7.22. The molecule has 0 spiro atoms. The van der Waals surface area contributed by atoms with Crippen molar-refractivity contribution in [1.82, 2.24) is 0 Å². The molecule has 0 bridgehead atoms. The lowest BCUT2D eigenvalue weighted by Gasteiger charge is -2.07. The fourth-order valence-corrected chi connectivity index (χ4v) is 3.02. The van der Waals surface area contributed by atoms with Crippen LogP contribution in [0.3, 0.4) is 0 Å². The number of hydrogen-bond donors (Lipinski definition) is 0. The number of carbonyl (C=O) groups is 2. The van der Waals surface area contributed by atoms with E-state index in [4.69, 9.17) is 14.7 Å². The van der Waals surface area contributed by atoms with Crippen LogP contribution < -0.4 is 4.74 Å². The summed E-state index contributed by atoms with van der Waals surface area (Å²) in [4.78, 5) is 24.6. The first-order chi connectivity index (χ1) is 14.6. The molecule has 2 aromatic rings. The highest BCUT2D eigenvalue weighted by atomic mass is 16.5. The standard InChI is InChI=1S/C25H29NO4/c1-2-3-4-5-6-7-8-9-17-29-24(27)21-11-10-12-22(18-21)25(28)30-23-15-13-20(19-26)14-16-23/h10-16,18H,2-9,17H2,1H3. The van der Waals surface area contributed by atoms with E-state index in [1.165, 1.54) is 38.2 Å². The highest BCUT2D eigenvalue weighted by Gasteiger charge is 2.13. The van der Waals surface area contributed by atoms with Gasteiger partial charge in [-0.3, -0.25) is 0 Å². The van der Waals surface area contributed by atoms with Gasteiger partial charge in [-0.25, -0.2) is 9.59 Å². The van der Waals surface area contributed by atoms with E-state index in [2.05, 4.69) is 6.92 Å². The highest BCUT2D eigenvalue weighted by Crippen LogP contribution is 2.15. The molecule has 0 unspecified atom stereocenters. The zero-order valence-electron chi connectivity index (χ0n) is 17.6. The lowest BCUT2D eigenvalue weighted by atomic mass is 10.1. The van der Waals surface area contributed by atoms with Gasteiger partial charge in [0, 0.05) is 0 Å². The monoisotopic (exact) mass is 407 g/mol. The van der Waals surface area contributed by atoms with Crippen molar-refractivity contribution < 1.29 is 19.1 Å². The third kappa shape index (κ3) is 8.08. The molecule has 0 aliphatic rings.